The first kappa shape index (κ1) is 13.6. The van der Waals surface area contributed by atoms with E-state index in [0.717, 1.165) is 19.7 Å². The van der Waals surface area contributed by atoms with Crippen molar-refractivity contribution in [1.29, 1.82) is 0 Å². The first-order valence-electron chi connectivity index (χ1n) is 6.00. The Morgan fingerprint density at radius 1 is 1.56 bits per heavy atom. The van der Waals surface area contributed by atoms with Crippen molar-refractivity contribution >= 4 is 5.78 Å². The van der Waals surface area contributed by atoms with Crippen LogP contribution in [0.5, 0.6) is 0 Å². The average molecular weight is 229 g/mol. The highest BCUT2D eigenvalue weighted by molar-refractivity contribution is 5.81. The van der Waals surface area contributed by atoms with Crippen LogP contribution in [0.3, 0.4) is 0 Å². The molecule has 0 aromatic carbocycles. The number of carbonyl (C=O) groups is 1. The molecule has 1 saturated heterocycles. The van der Waals surface area contributed by atoms with Gasteiger partial charge in [0.25, 0.3) is 0 Å². The molecule has 1 heterocycles. The van der Waals surface area contributed by atoms with Crippen molar-refractivity contribution in [3.63, 3.8) is 0 Å². The Bertz CT molecular complexity index is 218. The van der Waals surface area contributed by atoms with Gasteiger partial charge in [-0.15, -0.1) is 0 Å². The highest BCUT2D eigenvalue weighted by Gasteiger charge is 2.23. The molecule has 1 aliphatic heterocycles. The zero-order valence-electron chi connectivity index (χ0n) is 10.6. The molecule has 4 nitrogen and oxygen atoms in total. The number of ketones is 1. The largest absolute Gasteiger partial charge is 0.380 e. The van der Waals surface area contributed by atoms with Crippen molar-refractivity contribution in [1.82, 2.24) is 4.90 Å². The van der Waals surface area contributed by atoms with Crippen LogP contribution in [-0.2, 0) is 14.3 Å². The molecule has 0 amide bonds. The van der Waals surface area contributed by atoms with Gasteiger partial charge in [0.15, 0.2) is 0 Å². The predicted octanol–water partition coefficient (Wildman–Crippen LogP) is 0.949. The summed E-state index contributed by atoms with van der Waals surface area (Å²) in [5.74, 6) is 0.390. The molecule has 0 aromatic heterocycles. The minimum atomic E-state index is 0.0535. The van der Waals surface area contributed by atoms with Crippen LogP contribution < -0.4 is 0 Å². The smallest absolute Gasteiger partial charge is 0.141 e. The number of Topliss-reactive ketones (excluding diaryl/α,β-unsaturated/α-hetero) is 1. The number of ether oxygens (including phenoxy) is 2. The summed E-state index contributed by atoms with van der Waals surface area (Å²) in [6.07, 6.45) is 0.842. The first-order valence-corrected chi connectivity index (χ1v) is 6.00. The van der Waals surface area contributed by atoms with E-state index in [-0.39, 0.29) is 12.0 Å². The van der Waals surface area contributed by atoms with Crippen molar-refractivity contribution in [2.75, 3.05) is 40.0 Å². The standard InChI is InChI=1S/C12H23NO3/c1-10(2)16-7-5-13(3)8-11-9-15-6-4-12(11)14/h10-11H,4-9H2,1-3H3. The normalized spacial score (nSPS) is 22.1. The van der Waals surface area contributed by atoms with Crippen LogP contribution in [0.4, 0.5) is 0 Å². The summed E-state index contributed by atoms with van der Waals surface area (Å²) in [7, 11) is 2.02. The van der Waals surface area contributed by atoms with Crippen molar-refractivity contribution in [2.45, 2.75) is 26.4 Å². The summed E-state index contributed by atoms with van der Waals surface area (Å²) in [4.78, 5) is 13.7. The predicted molar refractivity (Wildman–Crippen MR) is 62.5 cm³/mol. The summed E-state index contributed by atoms with van der Waals surface area (Å²) in [5, 5.41) is 0. The van der Waals surface area contributed by atoms with Gasteiger partial charge in [-0.2, -0.15) is 0 Å². The Kier molecular flexibility index (Phi) is 5.95. The Hall–Kier alpha value is -0.450. The molecule has 1 atom stereocenters. The van der Waals surface area contributed by atoms with E-state index in [1.807, 2.05) is 20.9 Å². The number of rotatable bonds is 6. The van der Waals surface area contributed by atoms with E-state index in [9.17, 15) is 4.79 Å². The van der Waals surface area contributed by atoms with E-state index >= 15 is 0 Å². The fourth-order valence-electron chi connectivity index (χ4n) is 1.76. The zero-order valence-corrected chi connectivity index (χ0v) is 10.6. The third kappa shape index (κ3) is 5.05. The molecule has 0 aromatic rings. The lowest BCUT2D eigenvalue weighted by Crippen LogP contribution is -2.38. The lowest BCUT2D eigenvalue weighted by atomic mass is 10.0. The molecule has 1 unspecified atom stereocenters. The molecule has 4 heteroatoms. The molecule has 1 rings (SSSR count). The Balaban J connectivity index is 2.17. The molecule has 0 spiro atoms. The third-order valence-corrected chi connectivity index (χ3v) is 2.72. The molecular weight excluding hydrogens is 206 g/mol. The Labute approximate surface area is 97.9 Å². The van der Waals surface area contributed by atoms with Crippen LogP contribution in [0.2, 0.25) is 0 Å². The molecular formula is C12H23NO3. The lowest BCUT2D eigenvalue weighted by molar-refractivity contribution is -0.131. The molecule has 1 fully saturated rings. The second-order valence-electron chi connectivity index (χ2n) is 4.67. The number of nitrogens with zero attached hydrogens (tertiary/aromatic N) is 1. The Morgan fingerprint density at radius 2 is 2.31 bits per heavy atom. The second kappa shape index (κ2) is 6.99. The number of hydrogen-bond acceptors (Lipinski definition) is 4. The van der Waals surface area contributed by atoms with Gasteiger partial charge in [-0.25, -0.2) is 0 Å². The molecule has 0 saturated carbocycles. The second-order valence-corrected chi connectivity index (χ2v) is 4.67. The molecule has 0 N–H and O–H groups in total. The summed E-state index contributed by atoms with van der Waals surface area (Å²) in [6, 6.07) is 0. The fraction of sp³-hybridized carbons (Fsp3) is 0.917. The van der Waals surface area contributed by atoms with E-state index in [1.54, 1.807) is 0 Å². The van der Waals surface area contributed by atoms with Crippen LogP contribution in [0.15, 0.2) is 0 Å². The van der Waals surface area contributed by atoms with Crippen molar-refractivity contribution < 1.29 is 14.3 Å². The van der Waals surface area contributed by atoms with Gasteiger partial charge in [0.1, 0.15) is 5.78 Å². The molecule has 0 radical (unpaired) electrons. The molecule has 1 aliphatic rings. The van der Waals surface area contributed by atoms with E-state index < -0.39 is 0 Å². The monoisotopic (exact) mass is 229 g/mol. The molecule has 94 valence electrons. The quantitative estimate of drug-likeness (QED) is 0.680. The first-order chi connectivity index (χ1) is 7.59. The average Bonchev–Trinajstić information content (AvgIpc) is 2.21. The maximum Gasteiger partial charge on any atom is 0.141 e. The number of hydrogen-bond donors (Lipinski definition) is 0. The van der Waals surface area contributed by atoms with Crippen LogP contribution in [0.1, 0.15) is 20.3 Å². The van der Waals surface area contributed by atoms with Crippen LogP contribution in [-0.4, -0.2) is 56.7 Å². The maximum atomic E-state index is 11.6. The highest BCUT2D eigenvalue weighted by Crippen LogP contribution is 2.10. The van der Waals surface area contributed by atoms with Crippen molar-refractivity contribution in [3.8, 4) is 0 Å². The van der Waals surface area contributed by atoms with Gasteiger partial charge in [0.2, 0.25) is 0 Å². The minimum absolute atomic E-state index is 0.0535. The maximum absolute atomic E-state index is 11.6. The van der Waals surface area contributed by atoms with E-state index in [1.165, 1.54) is 0 Å². The van der Waals surface area contributed by atoms with E-state index in [2.05, 4.69) is 4.90 Å². The molecule has 0 aliphatic carbocycles. The Morgan fingerprint density at radius 3 is 2.94 bits per heavy atom. The summed E-state index contributed by atoms with van der Waals surface area (Å²) in [5.41, 5.74) is 0. The zero-order chi connectivity index (χ0) is 12.0. The molecule has 0 bridgehead atoms. The van der Waals surface area contributed by atoms with Gasteiger partial charge in [0, 0.05) is 19.5 Å². The van der Waals surface area contributed by atoms with Gasteiger partial charge < -0.3 is 14.4 Å². The van der Waals surface area contributed by atoms with Crippen LogP contribution in [0.25, 0.3) is 0 Å². The van der Waals surface area contributed by atoms with E-state index in [0.29, 0.717) is 25.4 Å². The van der Waals surface area contributed by atoms with Crippen molar-refractivity contribution in [2.24, 2.45) is 5.92 Å². The van der Waals surface area contributed by atoms with Crippen LogP contribution >= 0.6 is 0 Å². The van der Waals surface area contributed by atoms with Gasteiger partial charge in [-0.3, -0.25) is 4.79 Å². The van der Waals surface area contributed by atoms with Crippen LogP contribution in [0, 0.1) is 5.92 Å². The fourth-order valence-corrected chi connectivity index (χ4v) is 1.76. The van der Waals surface area contributed by atoms with Gasteiger partial charge >= 0.3 is 0 Å². The minimum Gasteiger partial charge on any atom is -0.380 e. The SMILES string of the molecule is CC(C)OCCN(C)CC1COCCC1=O. The summed E-state index contributed by atoms with van der Waals surface area (Å²) < 4.78 is 10.8. The lowest BCUT2D eigenvalue weighted by Gasteiger charge is -2.26. The van der Waals surface area contributed by atoms with Crippen molar-refractivity contribution in [3.05, 3.63) is 0 Å². The summed E-state index contributed by atoms with van der Waals surface area (Å²) in [6.45, 7) is 7.58. The summed E-state index contributed by atoms with van der Waals surface area (Å²) >= 11 is 0. The number of likely N-dealkylation sites (N-methyl/N-ethyl adjacent to an activating group) is 1. The van der Waals surface area contributed by atoms with Gasteiger partial charge in [-0.1, -0.05) is 0 Å². The van der Waals surface area contributed by atoms with E-state index in [4.69, 9.17) is 9.47 Å². The van der Waals surface area contributed by atoms with Gasteiger partial charge in [-0.05, 0) is 20.9 Å². The third-order valence-electron chi connectivity index (χ3n) is 2.72. The number of carbonyl (C=O) groups excluding carboxylic acids is 1. The van der Waals surface area contributed by atoms with Gasteiger partial charge in [0.05, 0.1) is 31.8 Å². The highest BCUT2D eigenvalue weighted by atomic mass is 16.5. The topological polar surface area (TPSA) is 38.8 Å². The molecule has 16 heavy (non-hydrogen) atoms.